The lowest BCUT2D eigenvalue weighted by Gasteiger charge is -2.26. The molecule has 1 rings (SSSR count). The summed E-state index contributed by atoms with van der Waals surface area (Å²) >= 11 is 0. The van der Waals surface area contributed by atoms with Gasteiger partial charge in [0, 0.05) is 5.69 Å². The van der Waals surface area contributed by atoms with Crippen molar-refractivity contribution >= 4 is 11.7 Å². The number of rotatable bonds is 3. The molecule has 1 aromatic carbocycles. The first-order valence-electron chi connectivity index (χ1n) is 5.72. The average Bonchev–Trinajstić information content (AvgIpc) is 2.24. The molecule has 1 N–H and O–H groups in total. The lowest BCUT2D eigenvalue weighted by atomic mass is 10.0. The Morgan fingerprint density at radius 1 is 1.12 bits per heavy atom. The van der Waals surface area contributed by atoms with Gasteiger partial charge in [0.1, 0.15) is 5.54 Å². The number of nitrogens with one attached hydrogen (secondary N) is 1. The van der Waals surface area contributed by atoms with Gasteiger partial charge in [-0.15, -0.1) is 0 Å². The quantitative estimate of drug-likeness (QED) is 0.818. The molecule has 3 nitrogen and oxygen atoms in total. The normalized spacial score (nSPS) is 11.2. The van der Waals surface area contributed by atoms with Crippen LogP contribution in [0.3, 0.4) is 0 Å². The van der Waals surface area contributed by atoms with E-state index >= 15 is 0 Å². The monoisotopic (exact) mass is 235 g/mol. The number of carbonyl (C=O) groups is 1. The highest BCUT2D eigenvalue weighted by Crippen LogP contribution is 2.23. The fourth-order valence-electron chi connectivity index (χ4n) is 1.74. The van der Waals surface area contributed by atoms with Crippen LogP contribution in [0.15, 0.2) is 12.1 Å². The number of ether oxygens (including phenoxy) is 1. The highest BCUT2D eigenvalue weighted by molar-refractivity contribution is 5.83. The molecule has 0 saturated carbocycles. The van der Waals surface area contributed by atoms with Crippen LogP contribution in [0, 0.1) is 20.8 Å². The van der Waals surface area contributed by atoms with Crippen molar-refractivity contribution in [2.45, 2.75) is 40.2 Å². The van der Waals surface area contributed by atoms with E-state index in [9.17, 15) is 4.79 Å². The maximum absolute atomic E-state index is 11.6. The second kappa shape index (κ2) is 4.78. The van der Waals surface area contributed by atoms with Gasteiger partial charge in [-0.25, -0.2) is 4.79 Å². The first-order valence-corrected chi connectivity index (χ1v) is 5.72. The van der Waals surface area contributed by atoms with E-state index in [-0.39, 0.29) is 5.97 Å². The average molecular weight is 235 g/mol. The first kappa shape index (κ1) is 13.6. The van der Waals surface area contributed by atoms with Crippen molar-refractivity contribution in [2.75, 3.05) is 12.4 Å². The van der Waals surface area contributed by atoms with Crippen LogP contribution in [0.25, 0.3) is 0 Å². The van der Waals surface area contributed by atoms with E-state index in [1.165, 1.54) is 18.2 Å². The van der Waals surface area contributed by atoms with Crippen molar-refractivity contribution in [3.05, 3.63) is 28.8 Å². The van der Waals surface area contributed by atoms with E-state index in [2.05, 4.69) is 31.3 Å². The van der Waals surface area contributed by atoms with Gasteiger partial charge in [0.05, 0.1) is 7.11 Å². The van der Waals surface area contributed by atoms with Crippen LogP contribution >= 0.6 is 0 Å². The summed E-state index contributed by atoms with van der Waals surface area (Å²) in [6.45, 7) is 9.80. The minimum Gasteiger partial charge on any atom is -0.467 e. The fourth-order valence-corrected chi connectivity index (χ4v) is 1.74. The predicted octanol–water partition coefficient (Wildman–Crippen LogP) is 2.98. The molecule has 1 aromatic rings. The Morgan fingerprint density at radius 3 is 2.18 bits per heavy atom. The molecule has 0 saturated heterocycles. The molecule has 17 heavy (non-hydrogen) atoms. The Hall–Kier alpha value is -1.51. The van der Waals surface area contributed by atoms with E-state index < -0.39 is 5.54 Å². The van der Waals surface area contributed by atoms with Crippen molar-refractivity contribution in [1.29, 1.82) is 0 Å². The Bertz CT molecular complexity index is 436. The van der Waals surface area contributed by atoms with Gasteiger partial charge in [0.15, 0.2) is 0 Å². The summed E-state index contributed by atoms with van der Waals surface area (Å²) in [5.41, 5.74) is 3.84. The summed E-state index contributed by atoms with van der Waals surface area (Å²) in [5, 5.41) is 3.23. The Morgan fingerprint density at radius 2 is 1.65 bits per heavy atom. The number of anilines is 1. The van der Waals surface area contributed by atoms with Gasteiger partial charge in [-0.05, 0) is 57.4 Å². The van der Waals surface area contributed by atoms with Crippen LogP contribution in [0.5, 0.6) is 0 Å². The smallest absolute Gasteiger partial charge is 0.330 e. The summed E-state index contributed by atoms with van der Waals surface area (Å²) in [7, 11) is 1.40. The summed E-state index contributed by atoms with van der Waals surface area (Å²) in [4.78, 5) is 11.6. The molecule has 0 aromatic heterocycles. The molecule has 94 valence electrons. The number of hydrogen-bond donors (Lipinski definition) is 1. The maximum atomic E-state index is 11.6. The lowest BCUT2D eigenvalue weighted by Crippen LogP contribution is -2.41. The second-order valence-corrected chi connectivity index (χ2v) is 4.99. The van der Waals surface area contributed by atoms with Gasteiger partial charge in [-0.2, -0.15) is 0 Å². The predicted molar refractivity (Wildman–Crippen MR) is 70.4 cm³/mol. The van der Waals surface area contributed by atoms with Gasteiger partial charge in [-0.3, -0.25) is 0 Å². The Labute approximate surface area is 103 Å². The third-order valence-corrected chi connectivity index (χ3v) is 2.98. The van der Waals surface area contributed by atoms with Crippen molar-refractivity contribution in [3.8, 4) is 0 Å². The molecule has 0 radical (unpaired) electrons. The highest BCUT2D eigenvalue weighted by Gasteiger charge is 2.28. The molecule has 0 amide bonds. The Kier molecular flexibility index (Phi) is 3.81. The van der Waals surface area contributed by atoms with Gasteiger partial charge in [-0.1, -0.05) is 6.07 Å². The zero-order chi connectivity index (χ0) is 13.2. The van der Waals surface area contributed by atoms with Crippen molar-refractivity contribution in [1.82, 2.24) is 0 Å². The number of methoxy groups -OCH3 is 1. The number of hydrogen-bond acceptors (Lipinski definition) is 3. The summed E-state index contributed by atoms with van der Waals surface area (Å²) in [5.74, 6) is -0.268. The van der Waals surface area contributed by atoms with E-state index in [0.29, 0.717) is 0 Å². The topological polar surface area (TPSA) is 38.3 Å². The second-order valence-electron chi connectivity index (χ2n) is 4.99. The molecule has 0 fully saturated rings. The van der Waals surface area contributed by atoms with Gasteiger partial charge >= 0.3 is 5.97 Å². The lowest BCUT2D eigenvalue weighted by molar-refractivity contribution is -0.144. The molecule has 0 aliphatic carbocycles. The van der Waals surface area contributed by atoms with Crippen LogP contribution in [0.1, 0.15) is 30.5 Å². The molecule has 0 aliphatic rings. The number of aryl methyl sites for hydroxylation is 3. The van der Waals surface area contributed by atoms with Crippen molar-refractivity contribution in [2.24, 2.45) is 0 Å². The fraction of sp³-hybridized carbons (Fsp3) is 0.500. The molecule has 3 heteroatoms. The summed E-state index contributed by atoms with van der Waals surface area (Å²) in [6.07, 6.45) is 0. The first-order chi connectivity index (χ1) is 7.77. The van der Waals surface area contributed by atoms with E-state index in [1.807, 2.05) is 20.8 Å². The minimum atomic E-state index is -0.721. The minimum absolute atomic E-state index is 0.268. The maximum Gasteiger partial charge on any atom is 0.330 e. The SMILES string of the molecule is COC(=O)C(C)(C)Nc1cc(C)c(C)cc1C. The molecular weight excluding hydrogens is 214 g/mol. The van der Waals surface area contributed by atoms with E-state index in [4.69, 9.17) is 4.74 Å². The summed E-state index contributed by atoms with van der Waals surface area (Å²) < 4.78 is 4.78. The molecule has 0 unspecified atom stereocenters. The number of esters is 1. The molecule has 0 aliphatic heterocycles. The molecular formula is C14H21NO2. The largest absolute Gasteiger partial charge is 0.467 e. The molecule has 0 atom stereocenters. The zero-order valence-corrected chi connectivity index (χ0v) is 11.5. The molecule has 0 spiro atoms. The van der Waals surface area contributed by atoms with E-state index in [0.717, 1.165) is 11.3 Å². The van der Waals surface area contributed by atoms with Gasteiger partial charge < -0.3 is 10.1 Å². The van der Waals surface area contributed by atoms with Gasteiger partial charge in [0.2, 0.25) is 0 Å². The van der Waals surface area contributed by atoms with Crippen LogP contribution in [0.4, 0.5) is 5.69 Å². The molecule has 0 heterocycles. The third-order valence-electron chi connectivity index (χ3n) is 2.98. The van der Waals surface area contributed by atoms with Crippen molar-refractivity contribution < 1.29 is 9.53 Å². The standard InChI is InChI=1S/C14H21NO2/c1-9-7-11(3)12(8-10(9)2)15-14(4,5)13(16)17-6/h7-8,15H,1-6H3. The van der Waals surface area contributed by atoms with Crippen LogP contribution in [0.2, 0.25) is 0 Å². The van der Waals surface area contributed by atoms with Gasteiger partial charge in [0.25, 0.3) is 0 Å². The zero-order valence-electron chi connectivity index (χ0n) is 11.5. The van der Waals surface area contributed by atoms with Crippen LogP contribution in [-0.2, 0) is 9.53 Å². The van der Waals surface area contributed by atoms with Crippen LogP contribution in [-0.4, -0.2) is 18.6 Å². The number of carbonyl (C=O) groups excluding carboxylic acids is 1. The van der Waals surface area contributed by atoms with E-state index in [1.54, 1.807) is 0 Å². The van der Waals surface area contributed by atoms with Crippen LogP contribution < -0.4 is 5.32 Å². The third kappa shape index (κ3) is 2.99. The summed E-state index contributed by atoms with van der Waals surface area (Å²) in [6, 6.07) is 4.18. The number of benzene rings is 1. The molecule has 0 bridgehead atoms. The highest BCUT2D eigenvalue weighted by atomic mass is 16.5. The Balaban J connectivity index is 3.03. The van der Waals surface area contributed by atoms with Crippen molar-refractivity contribution in [3.63, 3.8) is 0 Å².